The normalized spacial score (nSPS) is 18.7. The molecular weight excluding hydrogens is 402 g/mol. The van der Waals surface area contributed by atoms with Gasteiger partial charge in [-0.25, -0.2) is 5.01 Å². The summed E-state index contributed by atoms with van der Waals surface area (Å²) in [6, 6.07) is 12.4. The number of Topliss-reactive ketones (excluding diaryl/α,β-unsaturated/α-hetero) is 1. The van der Waals surface area contributed by atoms with Crippen molar-refractivity contribution < 1.29 is 9.59 Å². The molecule has 0 saturated carbocycles. The Morgan fingerprint density at radius 1 is 1.30 bits per heavy atom. The van der Waals surface area contributed by atoms with Gasteiger partial charge >= 0.3 is 0 Å². The molecule has 1 aromatic heterocycles. The van der Waals surface area contributed by atoms with Crippen LogP contribution in [-0.2, 0) is 4.79 Å². The molecule has 7 nitrogen and oxygen atoms in total. The number of halogens is 1. The summed E-state index contributed by atoms with van der Waals surface area (Å²) in [5, 5.41) is 11.8. The number of rotatable bonds is 3. The molecule has 1 amide bonds. The Bertz CT molecular complexity index is 1130. The third-order valence-electron chi connectivity index (χ3n) is 5.23. The van der Waals surface area contributed by atoms with Gasteiger partial charge in [0, 0.05) is 35.1 Å². The molecule has 30 heavy (non-hydrogen) atoms. The van der Waals surface area contributed by atoms with Gasteiger partial charge in [0.2, 0.25) is 0 Å². The monoisotopic (exact) mass is 419 g/mol. The highest BCUT2D eigenvalue weighted by Crippen LogP contribution is 2.44. The number of aromatic nitrogens is 1. The Balaban J connectivity index is 1.83. The van der Waals surface area contributed by atoms with Crippen molar-refractivity contribution in [3.05, 3.63) is 87.6 Å². The first kappa shape index (κ1) is 19.7. The molecule has 4 rings (SSSR count). The maximum absolute atomic E-state index is 13.0. The number of nitrogens with one attached hydrogen (secondary N) is 1. The molecule has 150 valence electrons. The SMILES string of the molecule is N#CC1=C(N)N(NC(=O)c2cccnc2)C2=C(C(=O)CCC2)C1c1cccc(Cl)c1. The summed E-state index contributed by atoms with van der Waals surface area (Å²) in [5.74, 6) is -1.03. The molecule has 0 spiro atoms. The lowest BCUT2D eigenvalue weighted by Gasteiger charge is -2.39. The summed E-state index contributed by atoms with van der Waals surface area (Å²) in [4.78, 5) is 29.6. The molecule has 1 aliphatic carbocycles. The summed E-state index contributed by atoms with van der Waals surface area (Å²) >= 11 is 6.16. The molecule has 1 aromatic carbocycles. The van der Waals surface area contributed by atoms with Gasteiger partial charge in [0.15, 0.2) is 5.78 Å². The van der Waals surface area contributed by atoms with E-state index in [0.717, 1.165) is 0 Å². The van der Waals surface area contributed by atoms with Crippen LogP contribution < -0.4 is 11.2 Å². The number of amides is 1. The minimum absolute atomic E-state index is 0.0675. The van der Waals surface area contributed by atoms with Crippen LogP contribution in [0.5, 0.6) is 0 Å². The van der Waals surface area contributed by atoms with Crippen LogP contribution in [0.2, 0.25) is 5.02 Å². The predicted octanol–water partition coefficient (Wildman–Crippen LogP) is 3.18. The Labute approximate surface area is 178 Å². The molecule has 0 radical (unpaired) electrons. The van der Waals surface area contributed by atoms with E-state index in [1.165, 1.54) is 11.2 Å². The molecular formula is C22H18ClN5O2. The van der Waals surface area contributed by atoms with Gasteiger partial charge in [0.25, 0.3) is 5.91 Å². The number of carbonyl (C=O) groups is 2. The standard InChI is InChI=1S/C22H18ClN5O2/c23-15-6-1-4-13(10-15)19-16(11-24)21(25)28(17-7-2-8-18(29)20(17)19)27-22(30)14-5-3-9-26-12-14/h1,3-6,9-10,12,19H,2,7-8,25H2,(H,27,30). The number of benzene rings is 1. The molecule has 0 bridgehead atoms. The van der Waals surface area contributed by atoms with E-state index in [4.69, 9.17) is 17.3 Å². The number of hydrazine groups is 1. The van der Waals surface area contributed by atoms with E-state index in [0.29, 0.717) is 46.7 Å². The fraction of sp³-hybridized carbons (Fsp3) is 0.182. The van der Waals surface area contributed by atoms with Crippen molar-refractivity contribution in [2.24, 2.45) is 5.73 Å². The van der Waals surface area contributed by atoms with Gasteiger partial charge in [-0.2, -0.15) is 5.26 Å². The third-order valence-corrected chi connectivity index (χ3v) is 5.47. The summed E-state index contributed by atoms with van der Waals surface area (Å²) in [6.07, 6.45) is 4.55. The minimum atomic E-state index is -0.622. The zero-order valence-electron chi connectivity index (χ0n) is 15.9. The number of carbonyl (C=O) groups excluding carboxylic acids is 2. The molecule has 8 heteroatoms. The fourth-order valence-electron chi connectivity index (χ4n) is 3.90. The number of nitriles is 1. The highest BCUT2D eigenvalue weighted by Gasteiger charge is 2.40. The van der Waals surface area contributed by atoms with E-state index in [1.54, 1.807) is 36.5 Å². The van der Waals surface area contributed by atoms with E-state index in [2.05, 4.69) is 16.5 Å². The van der Waals surface area contributed by atoms with E-state index < -0.39 is 11.8 Å². The third kappa shape index (κ3) is 3.42. The van der Waals surface area contributed by atoms with Crippen molar-refractivity contribution in [3.63, 3.8) is 0 Å². The van der Waals surface area contributed by atoms with Crippen LogP contribution in [0, 0.1) is 11.3 Å². The maximum atomic E-state index is 13.0. The van der Waals surface area contributed by atoms with Gasteiger partial charge < -0.3 is 5.73 Å². The summed E-state index contributed by atoms with van der Waals surface area (Å²) in [5.41, 5.74) is 11.4. The largest absolute Gasteiger partial charge is 0.383 e. The highest BCUT2D eigenvalue weighted by molar-refractivity contribution is 6.30. The van der Waals surface area contributed by atoms with Crippen LogP contribution in [0.3, 0.4) is 0 Å². The molecule has 0 saturated heterocycles. The number of ketones is 1. The second-order valence-electron chi connectivity index (χ2n) is 7.05. The number of allylic oxidation sites excluding steroid dienone is 3. The Morgan fingerprint density at radius 3 is 2.83 bits per heavy atom. The number of hydrogen-bond donors (Lipinski definition) is 2. The van der Waals surface area contributed by atoms with Crippen molar-refractivity contribution in [1.29, 1.82) is 5.26 Å². The smallest absolute Gasteiger partial charge is 0.271 e. The molecule has 1 aliphatic heterocycles. The fourth-order valence-corrected chi connectivity index (χ4v) is 4.10. The zero-order valence-corrected chi connectivity index (χ0v) is 16.7. The minimum Gasteiger partial charge on any atom is -0.383 e. The molecule has 1 atom stereocenters. The van der Waals surface area contributed by atoms with Gasteiger partial charge in [-0.05, 0) is 42.7 Å². The Kier molecular flexibility index (Phi) is 5.25. The van der Waals surface area contributed by atoms with Crippen LogP contribution in [0.25, 0.3) is 0 Å². The molecule has 2 aromatic rings. The van der Waals surface area contributed by atoms with Gasteiger partial charge in [-0.1, -0.05) is 23.7 Å². The first-order valence-corrected chi connectivity index (χ1v) is 9.81. The molecule has 2 aliphatic rings. The number of nitrogens with two attached hydrogens (primary N) is 1. The van der Waals surface area contributed by atoms with E-state index in [-0.39, 0.29) is 17.2 Å². The van der Waals surface area contributed by atoms with Gasteiger partial charge in [-0.15, -0.1) is 0 Å². The van der Waals surface area contributed by atoms with Gasteiger partial charge in [0.05, 0.1) is 23.1 Å². The number of nitrogens with zero attached hydrogens (tertiary/aromatic N) is 3. The van der Waals surface area contributed by atoms with E-state index in [1.807, 2.05) is 6.07 Å². The lowest BCUT2D eigenvalue weighted by atomic mass is 9.76. The maximum Gasteiger partial charge on any atom is 0.271 e. The number of pyridine rings is 1. The predicted molar refractivity (Wildman–Crippen MR) is 110 cm³/mol. The van der Waals surface area contributed by atoms with Crippen molar-refractivity contribution >= 4 is 23.3 Å². The van der Waals surface area contributed by atoms with Crippen molar-refractivity contribution in [3.8, 4) is 6.07 Å². The second-order valence-corrected chi connectivity index (χ2v) is 7.49. The van der Waals surface area contributed by atoms with Crippen LogP contribution in [0.15, 0.2) is 71.5 Å². The van der Waals surface area contributed by atoms with Crippen molar-refractivity contribution in [2.75, 3.05) is 0 Å². The van der Waals surface area contributed by atoms with E-state index >= 15 is 0 Å². The van der Waals surface area contributed by atoms with Crippen LogP contribution >= 0.6 is 11.6 Å². The lowest BCUT2D eigenvalue weighted by Crippen LogP contribution is -2.48. The van der Waals surface area contributed by atoms with Crippen LogP contribution in [0.4, 0.5) is 0 Å². The lowest BCUT2D eigenvalue weighted by molar-refractivity contribution is -0.116. The zero-order chi connectivity index (χ0) is 21.3. The summed E-state index contributed by atoms with van der Waals surface area (Å²) in [7, 11) is 0. The first-order chi connectivity index (χ1) is 14.5. The van der Waals surface area contributed by atoms with Crippen LogP contribution in [0.1, 0.15) is 41.1 Å². The summed E-state index contributed by atoms with van der Waals surface area (Å²) in [6.45, 7) is 0. The molecule has 2 heterocycles. The van der Waals surface area contributed by atoms with Crippen molar-refractivity contribution in [2.45, 2.75) is 25.2 Å². The second kappa shape index (κ2) is 8.01. The first-order valence-electron chi connectivity index (χ1n) is 9.44. The van der Waals surface area contributed by atoms with Gasteiger partial charge in [-0.3, -0.25) is 20.0 Å². The van der Waals surface area contributed by atoms with Crippen LogP contribution in [-0.4, -0.2) is 21.7 Å². The average Bonchev–Trinajstić information content (AvgIpc) is 2.76. The summed E-state index contributed by atoms with van der Waals surface area (Å²) < 4.78 is 0. The highest BCUT2D eigenvalue weighted by atomic mass is 35.5. The molecule has 3 N–H and O–H groups in total. The topological polar surface area (TPSA) is 112 Å². The van der Waals surface area contributed by atoms with E-state index in [9.17, 15) is 14.9 Å². The molecule has 1 unspecified atom stereocenters. The van der Waals surface area contributed by atoms with Gasteiger partial charge in [0.1, 0.15) is 5.82 Å². The Hall–Kier alpha value is -3.63. The average molecular weight is 420 g/mol. The quantitative estimate of drug-likeness (QED) is 0.790. The molecule has 0 fully saturated rings. The number of hydrogen-bond acceptors (Lipinski definition) is 6. The van der Waals surface area contributed by atoms with Crippen molar-refractivity contribution in [1.82, 2.24) is 15.4 Å². The Morgan fingerprint density at radius 2 is 2.13 bits per heavy atom.